The first-order chi connectivity index (χ1) is 6.91. The van der Waals surface area contributed by atoms with Crippen LogP contribution in [0.1, 0.15) is 27.7 Å². The van der Waals surface area contributed by atoms with E-state index in [9.17, 15) is 9.59 Å². The molecule has 0 bridgehead atoms. The van der Waals surface area contributed by atoms with Crippen molar-refractivity contribution in [2.24, 2.45) is 17.3 Å². The Morgan fingerprint density at radius 1 is 1.27 bits per heavy atom. The molecule has 2 atom stereocenters. The van der Waals surface area contributed by atoms with Crippen LogP contribution in [0.25, 0.3) is 0 Å². The summed E-state index contributed by atoms with van der Waals surface area (Å²) >= 11 is 0. The molecule has 0 radical (unpaired) electrons. The molecule has 15 heavy (non-hydrogen) atoms. The molecular formula is C11H18O4. The second-order valence-corrected chi connectivity index (χ2v) is 4.46. The van der Waals surface area contributed by atoms with Crippen molar-refractivity contribution < 1.29 is 19.1 Å². The van der Waals surface area contributed by atoms with E-state index in [1.807, 2.05) is 13.8 Å². The first-order valence-corrected chi connectivity index (χ1v) is 5.21. The summed E-state index contributed by atoms with van der Waals surface area (Å²) in [4.78, 5) is 22.2. The third kappa shape index (κ3) is 2.49. The van der Waals surface area contributed by atoms with Crippen LogP contribution in [-0.2, 0) is 19.1 Å². The second-order valence-electron chi connectivity index (χ2n) is 4.46. The minimum atomic E-state index is -0.305. The van der Waals surface area contributed by atoms with Crippen molar-refractivity contribution in [1.29, 1.82) is 0 Å². The van der Waals surface area contributed by atoms with Gasteiger partial charge in [0.25, 0.3) is 0 Å². The zero-order valence-corrected chi connectivity index (χ0v) is 9.70. The van der Waals surface area contributed by atoms with Gasteiger partial charge in [-0.1, -0.05) is 13.8 Å². The molecule has 0 saturated heterocycles. The van der Waals surface area contributed by atoms with Gasteiger partial charge < -0.3 is 9.47 Å². The molecule has 1 aliphatic carbocycles. The van der Waals surface area contributed by atoms with Gasteiger partial charge in [-0.15, -0.1) is 0 Å². The van der Waals surface area contributed by atoms with E-state index < -0.39 is 0 Å². The van der Waals surface area contributed by atoms with Crippen LogP contribution < -0.4 is 0 Å². The number of ether oxygens (including phenoxy) is 2. The number of hydrogen-bond acceptors (Lipinski definition) is 4. The van der Waals surface area contributed by atoms with Gasteiger partial charge in [0, 0.05) is 12.8 Å². The first kappa shape index (κ1) is 12.0. The molecule has 1 fully saturated rings. The molecule has 0 aromatic rings. The number of carbonyl (C=O) groups is 2. The van der Waals surface area contributed by atoms with Gasteiger partial charge in [0.1, 0.15) is 0 Å². The van der Waals surface area contributed by atoms with E-state index in [4.69, 9.17) is 9.47 Å². The van der Waals surface area contributed by atoms with Crippen molar-refractivity contribution in [3.8, 4) is 0 Å². The van der Waals surface area contributed by atoms with E-state index in [0.29, 0.717) is 13.2 Å². The summed E-state index contributed by atoms with van der Waals surface area (Å²) in [7, 11) is 0. The van der Waals surface area contributed by atoms with E-state index in [-0.39, 0.29) is 29.2 Å². The summed E-state index contributed by atoms with van der Waals surface area (Å²) < 4.78 is 9.87. The lowest BCUT2D eigenvalue weighted by atomic mass is 10.1. The van der Waals surface area contributed by atoms with Crippen LogP contribution in [-0.4, -0.2) is 25.2 Å². The van der Waals surface area contributed by atoms with Crippen molar-refractivity contribution in [1.82, 2.24) is 0 Å². The van der Waals surface area contributed by atoms with Gasteiger partial charge >= 0.3 is 11.9 Å². The molecule has 0 spiro atoms. The molecule has 0 aromatic heterocycles. The molecule has 0 aliphatic heterocycles. The zero-order valence-electron chi connectivity index (χ0n) is 9.70. The molecule has 0 N–H and O–H groups in total. The second kappa shape index (κ2) is 4.21. The minimum Gasteiger partial charge on any atom is -0.466 e. The summed E-state index contributed by atoms with van der Waals surface area (Å²) in [6.07, 6.45) is 0. The van der Waals surface area contributed by atoms with Crippen LogP contribution in [0.15, 0.2) is 0 Å². The average molecular weight is 214 g/mol. The van der Waals surface area contributed by atoms with E-state index in [1.54, 1.807) is 6.92 Å². The van der Waals surface area contributed by atoms with Crippen LogP contribution in [0.3, 0.4) is 0 Å². The Bertz CT molecular complexity index is 270. The summed E-state index contributed by atoms with van der Waals surface area (Å²) in [6, 6.07) is 0. The Kier molecular flexibility index (Phi) is 3.37. The fourth-order valence-corrected chi connectivity index (χ4v) is 1.96. The quantitative estimate of drug-likeness (QED) is 0.663. The van der Waals surface area contributed by atoms with Crippen LogP contribution in [0.4, 0.5) is 0 Å². The zero-order chi connectivity index (χ0) is 11.6. The van der Waals surface area contributed by atoms with E-state index in [2.05, 4.69) is 0 Å². The van der Waals surface area contributed by atoms with Crippen molar-refractivity contribution in [3.05, 3.63) is 0 Å². The molecule has 0 aromatic carbocycles. The summed E-state index contributed by atoms with van der Waals surface area (Å²) in [5.41, 5.74) is -0.109. The average Bonchev–Trinajstić information content (AvgIpc) is 2.65. The van der Waals surface area contributed by atoms with Crippen LogP contribution in [0.2, 0.25) is 0 Å². The normalized spacial score (nSPS) is 26.9. The Hall–Kier alpha value is -1.06. The van der Waals surface area contributed by atoms with Crippen molar-refractivity contribution in [3.63, 3.8) is 0 Å². The molecule has 1 saturated carbocycles. The summed E-state index contributed by atoms with van der Waals surface area (Å²) in [5, 5.41) is 0. The molecule has 0 unspecified atom stereocenters. The van der Waals surface area contributed by atoms with Gasteiger partial charge in [-0.05, 0) is 12.3 Å². The van der Waals surface area contributed by atoms with Gasteiger partial charge in [0.15, 0.2) is 0 Å². The summed E-state index contributed by atoms with van der Waals surface area (Å²) in [5.74, 6) is -0.516. The maximum absolute atomic E-state index is 11.5. The van der Waals surface area contributed by atoms with E-state index in [0.717, 1.165) is 0 Å². The Morgan fingerprint density at radius 3 is 2.33 bits per heavy atom. The largest absolute Gasteiger partial charge is 0.466 e. The van der Waals surface area contributed by atoms with E-state index >= 15 is 0 Å². The molecule has 0 heterocycles. The lowest BCUT2D eigenvalue weighted by molar-refractivity contribution is -0.147. The lowest BCUT2D eigenvalue weighted by Gasteiger charge is -2.02. The van der Waals surface area contributed by atoms with Gasteiger partial charge in [-0.3, -0.25) is 9.59 Å². The highest BCUT2D eigenvalue weighted by atomic mass is 16.5. The lowest BCUT2D eigenvalue weighted by Crippen LogP contribution is -2.11. The van der Waals surface area contributed by atoms with Gasteiger partial charge in [0.05, 0.1) is 19.1 Å². The number of hydrogen-bond donors (Lipinski definition) is 0. The number of rotatable bonds is 4. The van der Waals surface area contributed by atoms with Crippen LogP contribution in [0, 0.1) is 17.3 Å². The third-order valence-electron chi connectivity index (χ3n) is 3.06. The van der Waals surface area contributed by atoms with Crippen molar-refractivity contribution >= 4 is 11.9 Å². The highest BCUT2D eigenvalue weighted by Crippen LogP contribution is 2.58. The van der Waals surface area contributed by atoms with Crippen LogP contribution >= 0.6 is 0 Å². The predicted molar refractivity (Wildman–Crippen MR) is 54.0 cm³/mol. The highest BCUT2D eigenvalue weighted by molar-refractivity contribution is 5.77. The molecule has 4 heteroatoms. The highest BCUT2D eigenvalue weighted by Gasteiger charge is 2.63. The first-order valence-electron chi connectivity index (χ1n) is 5.21. The molecule has 1 aliphatic rings. The topological polar surface area (TPSA) is 52.6 Å². The van der Waals surface area contributed by atoms with Gasteiger partial charge in [0.2, 0.25) is 0 Å². The molecule has 0 amide bonds. The SMILES string of the molecule is CCOC(=O)[C@H]1[C@@H](COC(C)=O)C1(C)C. The van der Waals surface area contributed by atoms with Gasteiger partial charge in [-0.2, -0.15) is 0 Å². The smallest absolute Gasteiger partial charge is 0.309 e. The standard InChI is InChI=1S/C11H18O4/c1-5-14-10(13)9-8(11(9,3)4)6-15-7(2)12/h8-9H,5-6H2,1-4H3/t8-,9-/m1/s1. The minimum absolute atomic E-state index is 0.0976. The summed E-state index contributed by atoms with van der Waals surface area (Å²) in [6.45, 7) is 7.84. The van der Waals surface area contributed by atoms with Crippen molar-refractivity contribution in [2.45, 2.75) is 27.7 Å². The number of esters is 2. The Morgan fingerprint density at radius 2 is 1.87 bits per heavy atom. The molecular weight excluding hydrogens is 196 g/mol. The maximum Gasteiger partial charge on any atom is 0.309 e. The third-order valence-corrected chi connectivity index (χ3v) is 3.06. The fraction of sp³-hybridized carbons (Fsp3) is 0.818. The van der Waals surface area contributed by atoms with Crippen LogP contribution in [0.5, 0.6) is 0 Å². The van der Waals surface area contributed by atoms with Crippen molar-refractivity contribution in [2.75, 3.05) is 13.2 Å². The van der Waals surface area contributed by atoms with E-state index in [1.165, 1.54) is 6.92 Å². The molecule has 1 rings (SSSR count). The maximum atomic E-state index is 11.5. The van der Waals surface area contributed by atoms with Gasteiger partial charge in [-0.25, -0.2) is 0 Å². The predicted octanol–water partition coefficient (Wildman–Crippen LogP) is 1.38. The Balaban J connectivity index is 2.47. The number of carbonyl (C=O) groups excluding carboxylic acids is 2. The monoisotopic (exact) mass is 214 g/mol. The Labute approximate surface area is 89.9 Å². The molecule has 86 valence electrons. The fourth-order valence-electron chi connectivity index (χ4n) is 1.96. The molecule has 4 nitrogen and oxygen atoms in total.